The van der Waals surface area contributed by atoms with Crippen LogP contribution in [0.3, 0.4) is 0 Å². The van der Waals surface area contributed by atoms with E-state index < -0.39 is 0 Å². The summed E-state index contributed by atoms with van der Waals surface area (Å²) in [4.78, 5) is 4.19. The average molecular weight is 239 g/mol. The van der Waals surface area contributed by atoms with Gasteiger partial charge < -0.3 is 0 Å². The molecule has 0 radical (unpaired) electrons. The second-order valence-electron chi connectivity index (χ2n) is 2.67. The highest BCUT2D eigenvalue weighted by molar-refractivity contribution is 8.38. The molecule has 0 saturated carbocycles. The summed E-state index contributed by atoms with van der Waals surface area (Å²) in [5.74, 6) is 0. The van der Waals surface area contributed by atoms with E-state index in [0.29, 0.717) is 0 Å². The van der Waals surface area contributed by atoms with Crippen LogP contribution in [0, 0.1) is 0 Å². The summed E-state index contributed by atoms with van der Waals surface area (Å²) in [6.07, 6.45) is 5.73. The first-order chi connectivity index (χ1) is 7.27. The lowest BCUT2D eigenvalue weighted by atomic mass is 10.3. The van der Waals surface area contributed by atoms with Crippen molar-refractivity contribution in [3.8, 4) is 0 Å². The van der Waals surface area contributed by atoms with Crippen LogP contribution >= 0.6 is 23.5 Å². The summed E-state index contributed by atoms with van der Waals surface area (Å²) in [7, 11) is 0. The zero-order chi connectivity index (χ0) is 11.1. The van der Waals surface area contributed by atoms with Crippen LogP contribution < -0.4 is 0 Å². The molecule has 3 nitrogen and oxygen atoms in total. The predicted molar refractivity (Wildman–Crippen MR) is 70.9 cm³/mol. The van der Waals surface area contributed by atoms with Crippen LogP contribution in [0.1, 0.15) is 12.6 Å². The lowest BCUT2D eigenvalue weighted by Crippen LogP contribution is -1.96. The van der Waals surface area contributed by atoms with E-state index in [1.165, 1.54) is 0 Å². The topological polar surface area (TPSA) is 37.6 Å². The Labute approximate surface area is 98.5 Å². The van der Waals surface area contributed by atoms with Gasteiger partial charge in [0.05, 0.1) is 11.4 Å². The number of hydrogen-bond donors (Lipinski definition) is 0. The van der Waals surface area contributed by atoms with Gasteiger partial charge in [-0.3, -0.25) is 4.98 Å². The van der Waals surface area contributed by atoms with Crippen molar-refractivity contribution in [2.45, 2.75) is 6.92 Å². The van der Waals surface area contributed by atoms with Crippen molar-refractivity contribution in [2.75, 3.05) is 12.5 Å². The molecule has 0 bridgehead atoms. The van der Waals surface area contributed by atoms with Crippen molar-refractivity contribution in [3.05, 3.63) is 30.1 Å². The zero-order valence-corrected chi connectivity index (χ0v) is 10.6. The molecule has 0 amide bonds. The Morgan fingerprint density at radius 2 is 1.93 bits per heavy atom. The van der Waals surface area contributed by atoms with E-state index in [2.05, 4.69) is 15.2 Å². The molecule has 0 N–H and O–H groups in total. The van der Waals surface area contributed by atoms with E-state index >= 15 is 0 Å². The smallest absolute Gasteiger partial charge is 0.152 e. The van der Waals surface area contributed by atoms with Crippen molar-refractivity contribution < 1.29 is 0 Å². The second kappa shape index (κ2) is 6.63. The van der Waals surface area contributed by atoms with Crippen LogP contribution in [0.25, 0.3) is 0 Å². The number of aromatic nitrogens is 1. The molecular formula is C10H13N3S2. The first-order valence-corrected chi connectivity index (χ1v) is 6.84. The number of hydrogen-bond acceptors (Lipinski definition) is 5. The Kier molecular flexibility index (Phi) is 5.42. The van der Waals surface area contributed by atoms with Gasteiger partial charge in [-0.05, 0) is 31.6 Å². The molecular weight excluding hydrogens is 226 g/mol. The van der Waals surface area contributed by atoms with Crippen LogP contribution in [0.5, 0.6) is 0 Å². The maximum absolute atomic E-state index is 4.19. The maximum atomic E-state index is 4.19. The normalized spacial score (nSPS) is 11.3. The molecule has 0 atom stereocenters. The molecule has 0 aliphatic carbocycles. The molecule has 1 aromatic rings. The molecule has 0 spiro atoms. The summed E-state index contributed by atoms with van der Waals surface area (Å²) in [5.41, 5.74) is 1.69. The maximum Gasteiger partial charge on any atom is 0.152 e. The van der Waals surface area contributed by atoms with E-state index in [1.54, 1.807) is 29.7 Å². The lowest BCUT2D eigenvalue weighted by Gasteiger charge is -1.97. The van der Waals surface area contributed by atoms with Gasteiger partial charge in [0.2, 0.25) is 0 Å². The van der Waals surface area contributed by atoms with Gasteiger partial charge in [0.25, 0.3) is 0 Å². The fourth-order valence-corrected chi connectivity index (χ4v) is 1.82. The monoisotopic (exact) mass is 239 g/mol. The highest BCUT2D eigenvalue weighted by atomic mass is 32.2. The third-order valence-corrected chi connectivity index (χ3v) is 3.53. The molecule has 0 saturated heterocycles. The summed E-state index contributed by atoms with van der Waals surface area (Å²) in [5, 5.41) is 8.26. The zero-order valence-electron chi connectivity index (χ0n) is 8.97. The Bertz CT molecular complexity index is 354. The minimum atomic E-state index is 0.830. The molecule has 15 heavy (non-hydrogen) atoms. The SMILES string of the molecule is CSC(=N/N=C(/C)c1ccccn1)SC. The first kappa shape index (κ1) is 12.3. The Hall–Kier alpha value is -0.810. The van der Waals surface area contributed by atoms with Gasteiger partial charge in [0.15, 0.2) is 4.38 Å². The first-order valence-electron chi connectivity index (χ1n) is 4.39. The second-order valence-corrected chi connectivity index (χ2v) is 4.52. The largest absolute Gasteiger partial charge is 0.255 e. The summed E-state index contributed by atoms with van der Waals surface area (Å²) < 4.78 is 0.949. The van der Waals surface area contributed by atoms with Crippen LogP contribution in [-0.2, 0) is 0 Å². The number of thioether (sulfide) groups is 2. The van der Waals surface area contributed by atoms with E-state index in [9.17, 15) is 0 Å². The lowest BCUT2D eigenvalue weighted by molar-refractivity contribution is 1.21. The minimum absolute atomic E-state index is 0.830. The van der Waals surface area contributed by atoms with Crippen LogP contribution in [0.2, 0.25) is 0 Å². The van der Waals surface area contributed by atoms with Crippen LogP contribution in [0.4, 0.5) is 0 Å². The van der Waals surface area contributed by atoms with Gasteiger partial charge in [-0.1, -0.05) is 6.07 Å². The van der Waals surface area contributed by atoms with Crippen LogP contribution in [0.15, 0.2) is 34.6 Å². The minimum Gasteiger partial charge on any atom is -0.255 e. The van der Waals surface area contributed by atoms with Crippen molar-refractivity contribution in [1.29, 1.82) is 0 Å². The number of pyridine rings is 1. The number of rotatable bonds is 2. The molecule has 0 aromatic carbocycles. The Morgan fingerprint density at radius 3 is 2.47 bits per heavy atom. The fourth-order valence-electron chi connectivity index (χ4n) is 0.909. The van der Waals surface area contributed by atoms with Crippen LogP contribution in [-0.4, -0.2) is 27.6 Å². The summed E-state index contributed by atoms with van der Waals surface area (Å²) in [6, 6.07) is 5.75. The van der Waals surface area contributed by atoms with Gasteiger partial charge in [-0.2, -0.15) is 5.10 Å². The third kappa shape index (κ3) is 4.05. The summed E-state index contributed by atoms with van der Waals surface area (Å²) in [6.45, 7) is 1.91. The van der Waals surface area contributed by atoms with Gasteiger partial charge in [-0.15, -0.1) is 28.6 Å². The Balaban J connectivity index is 2.81. The van der Waals surface area contributed by atoms with E-state index in [-0.39, 0.29) is 0 Å². The van der Waals surface area contributed by atoms with E-state index in [4.69, 9.17) is 0 Å². The third-order valence-electron chi connectivity index (χ3n) is 1.67. The molecule has 1 rings (SSSR count). The predicted octanol–water partition coefficient (Wildman–Crippen LogP) is 2.89. The molecule has 0 aliphatic heterocycles. The van der Waals surface area contributed by atoms with Gasteiger partial charge in [-0.25, -0.2) is 0 Å². The van der Waals surface area contributed by atoms with E-state index in [1.807, 2.05) is 37.6 Å². The van der Waals surface area contributed by atoms with Crippen molar-refractivity contribution >= 4 is 33.6 Å². The van der Waals surface area contributed by atoms with Crippen molar-refractivity contribution in [1.82, 2.24) is 4.98 Å². The molecule has 80 valence electrons. The average Bonchev–Trinajstić information content (AvgIpc) is 2.31. The molecule has 5 heteroatoms. The van der Waals surface area contributed by atoms with Crippen molar-refractivity contribution in [3.63, 3.8) is 0 Å². The van der Waals surface area contributed by atoms with E-state index in [0.717, 1.165) is 15.8 Å². The quantitative estimate of drug-likeness (QED) is 0.452. The molecule has 0 unspecified atom stereocenters. The molecule has 1 aromatic heterocycles. The molecule has 0 fully saturated rings. The highest BCUT2D eigenvalue weighted by Gasteiger charge is 1.97. The summed E-state index contributed by atoms with van der Waals surface area (Å²) >= 11 is 3.19. The van der Waals surface area contributed by atoms with Gasteiger partial charge in [0.1, 0.15) is 0 Å². The standard InChI is InChI=1S/C10H13N3S2/c1-8(9-6-4-5-7-11-9)12-13-10(14-2)15-3/h4-7H,1-3H3/b12-8-. The Morgan fingerprint density at radius 1 is 1.20 bits per heavy atom. The highest BCUT2D eigenvalue weighted by Crippen LogP contribution is 2.11. The number of nitrogens with zero attached hydrogens (tertiary/aromatic N) is 3. The molecule has 0 aliphatic rings. The van der Waals surface area contributed by atoms with Crippen molar-refractivity contribution in [2.24, 2.45) is 10.2 Å². The van der Waals surface area contributed by atoms with Gasteiger partial charge >= 0.3 is 0 Å². The molecule has 1 heterocycles. The van der Waals surface area contributed by atoms with Gasteiger partial charge in [0, 0.05) is 6.20 Å². The fraction of sp³-hybridized carbons (Fsp3) is 0.300.